The van der Waals surface area contributed by atoms with Crippen molar-refractivity contribution in [1.29, 1.82) is 0 Å². The summed E-state index contributed by atoms with van der Waals surface area (Å²) in [5, 5.41) is 9.32. The topological polar surface area (TPSA) is 59.3 Å². The summed E-state index contributed by atoms with van der Waals surface area (Å²) in [6.45, 7) is 5.93. The number of aromatic nitrogens is 1. The number of benzene rings is 1. The second-order valence-corrected chi connectivity index (χ2v) is 7.34. The molecule has 0 amide bonds. The van der Waals surface area contributed by atoms with Crippen LogP contribution in [0.1, 0.15) is 54.2 Å². The van der Waals surface area contributed by atoms with Gasteiger partial charge in [0.1, 0.15) is 5.56 Å². The molecular weight excluding hydrogens is 352 g/mol. The Hall–Kier alpha value is -2.94. The fraction of sp³-hybridized carbons (Fsp3) is 0.333. The molecule has 0 spiro atoms. The maximum absolute atomic E-state index is 13.4. The standard InChI is InChI=1S/C21H19F2NO3/c1-5-12-6-13-9-21(4,11(2)3)24-10-16(20(26)27)18(25)8-17(24)14(13)7-15(12)19(22)23/h1,6-8,10-11,19H,9H2,2-4H3,(H,26,27). The zero-order valence-corrected chi connectivity index (χ0v) is 15.2. The first kappa shape index (κ1) is 18.8. The predicted molar refractivity (Wildman–Crippen MR) is 98.2 cm³/mol. The third-order valence-corrected chi connectivity index (χ3v) is 5.57. The van der Waals surface area contributed by atoms with Crippen molar-refractivity contribution >= 4 is 5.97 Å². The third-order valence-electron chi connectivity index (χ3n) is 5.57. The summed E-state index contributed by atoms with van der Waals surface area (Å²) in [4.78, 5) is 23.7. The number of hydrogen-bond acceptors (Lipinski definition) is 2. The molecule has 1 aliphatic heterocycles. The molecule has 1 aromatic carbocycles. The van der Waals surface area contributed by atoms with Crippen molar-refractivity contribution < 1.29 is 18.7 Å². The number of carbonyl (C=O) groups is 1. The number of nitrogens with zero attached hydrogens (tertiary/aromatic N) is 1. The first-order valence-corrected chi connectivity index (χ1v) is 8.52. The Kier molecular flexibility index (Phi) is 4.43. The minimum atomic E-state index is -2.75. The van der Waals surface area contributed by atoms with Gasteiger partial charge in [-0.1, -0.05) is 19.8 Å². The van der Waals surface area contributed by atoms with E-state index >= 15 is 0 Å². The summed E-state index contributed by atoms with van der Waals surface area (Å²) in [6, 6.07) is 4.12. The van der Waals surface area contributed by atoms with Gasteiger partial charge in [0.25, 0.3) is 6.43 Å². The monoisotopic (exact) mass is 371 g/mol. The number of aromatic carboxylic acids is 1. The van der Waals surface area contributed by atoms with Gasteiger partial charge in [-0.15, -0.1) is 6.42 Å². The normalized spacial score (nSPS) is 18.1. The highest BCUT2D eigenvalue weighted by Gasteiger charge is 2.38. The number of hydrogen-bond donors (Lipinski definition) is 1. The highest BCUT2D eigenvalue weighted by molar-refractivity contribution is 5.88. The average molecular weight is 371 g/mol. The lowest BCUT2D eigenvalue weighted by Crippen LogP contribution is -2.42. The smallest absolute Gasteiger partial charge is 0.341 e. The van der Waals surface area contributed by atoms with Gasteiger partial charge in [0.15, 0.2) is 5.43 Å². The Labute approximate surface area is 155 Å². The van der Waals surface area contributed by atoms with Crippen LogP contribution >= 0.6 is 0 Å². The zero-order valence-electron chi connectivity index (χ0n) is 15.2. The summed E-state index contributed by atoms with van der Waals surface area (Å²) in [7, 11) is 0. The van der Waals surface area contributed by atoms with Gasteiger partial charge in [-0.3, -0.25) is 4.79 Å². The lowest BCUT2D eigenvalue weighted by atomic mass is 9.76. The van der Waals surface area contributed by atoms with E-state index in [0.717, 1.165) is 5.56 Å². The van der Waals surface area contributed by atoms with Gasteiger partial charge in [-0.2, -0.15) is 0 Å². The van der Waals surface area contributed by atoms with Crippen molar-refractivity contribution in [3.05, 3.63) is 56.9 Å². The van der Waals surface area contributed by atoms with Crippen LogP contribution in [0.2, 0.25) is 0 Å². The van der Waals surface area contributed by atoms with Gasteiger partial charge in [-0.25, -0.2) is 13.6 Å². The molecule has 140 valence electrons. The molecule has 1 aromatic heterocycles. The molecule has 0 radical (unpaired) electrons. The van der Waals surface area contributed by atoms with Crippen LogP contribution in [-0.2, 0) is 12.0 Å². The molecule has 0 saturated heterocycles. The Morgan fingerprint density at radius 1 is 1.33 bits per heavy atom. The summed E-state index contributed by atoms with van der Waals surface area (Å²) < 4.78 is 28.6. The minimum absolute atomic E-state index is 0.0811. The number of carboxylic acids is 1. The summed E-state index contributed by atoms with van der Waals surface area (Å²) >= 11 is 0. The first-order chi connectivity index (χ1) is 12.6. The van der Waals surface area contributed by atoms with Gasteiger partial charge in [-0.05, 0) is 37.0 Å². The lowest BCUT2D eigenvalue weighted by Gasteiger charge is -2.43. The summed E-state index contributed by atoms with van der Waals surface area (Å²) in [5.41, 5.74) is -0.0111. The van der Waals surface area contributed by atoms with Crippen LogP contribution in [0.3, 0.4) is 0 Å². The molecule has 27 heavy (non-hydrogen) atoms. The van der Waals surface area contributed by atoms with Crippen molar-refractivity contribution in [2.24, 2.45) is 5.92 Å². The van der Waals surface area contributed by atoms with E-state index in [0.29, 0.717) is 17.7 Å². The van der Waals surface area contributed by atoms with Gasteiger partial charge < -0.3 is 9.67 Å². The van der Waals surface area contributed by atoms with E-state index in [1.165, 1.54) is 18.3 Å². The van der Waals surface area contributed by atoms with Gasteiger partial charge in [0.05, 0.1) is 5.69 Å². The van der Waals surface area contributed by atoms with E-state index in [2.05, 4.69) is 5.92 Å². The van der Waals surface area contributed by atoms with Crippen molar-refractivity contribution in [3.8, 4) is 23.6 Å². The van der Waals surface area contributed by atoms with Gasteiger partial charge >= 0.3 is 5.97 Å². The van der Waals surface area contributed by atoms with E-state index in [9.17, 15) is 23.5 Å². The molecule has 3 rings (SSSR count). The van der Waals surface area contributed by atoms with Crippen molar-refractivity contribution in [2.75, 3.05) is 0 Å². The molecule has 2 heterocycles. The van der Waals surface area contributed by atoms with E-state index in [1.807, 2.05) is 20.8 Å². The molecule has 1 aliphatic rings. The minimum Gasteiger partial charge on any atom is -0.477 e. The first-order valence-electron chi connectivity index (χ1n) is 8.52. The quantitative estimate of drug-likeness (QED) is 0.828. The van der Waals surface area contributed by atoms with Crippen LogP contribution in [-0.4, -0.2) is 15.6 Å². The number of terminal acetylenes is 1. The Morgan fingerprint density at radius 2 is 2.00 bits per heavy atom. The fourth-order valence-corrected chi connectivity index (χ4v) is 3.63. The second-order valence-electron chi connectivity index (χ2n) is 7.34. The average Bonchev–Trinajstić information content (AvgIpc) is 2.59. The maximum Gasteiger partial charge on any atom is 0.341 e. The predicted octanol–water partition coefficient (Wildman–Crippen LogP) is 4.06. The summed E-state index contributed by atoms with van der Waals surface area (Å²) in [6.07, 6.45) is 4.46. The van der Waals surface area contributed by atoms with Crippen molar-refractivity contribution in [2.45, 2.75) is 39.2 Å². The van der Waals surface area contributed by atoms with Gasteiger partial charge in [0.2, 0.25) is 0 Å². The van der Waals surface area contributed by atoms with Crippen LogP contribution in [0.25, 0.3) is 11.3 Å². The van der Waals surface area contributed by atoms with Crippen LogP contribution in [0, 0.1) is 18.3 Å². The largest absolute Gasteiger partial charge is 0.477 e. The number of fused-ring (bicyclic) bond motifs is 3. The molecule has 4 nitrogen and oxygen atoms in total. The lowest BCUT2D eigenvalue weighted by molar-refractivity contribution is 0.0693. The second kappa shape index (κ2) is 6.34. The Bertz CT molecular complexity index is 1050. The van der Waals surface area contributed by atoms with Gasteiger partial charge in [0, 0.05) is 34.5 Å². The molecule has 0 bridgehead atoms. The highest BCUT2D eigenvalue weighted by Crippen LogP contribution is 2.43. The zero-order chi connectivity index (χ0) is 20.1. The SMILES string of the molecule is C#Cc1cc2c(cc1C(F)F)-c1cc(=O)c(C(=O)O)cn1C(C)(C(C)C)C2. The molecule has 0 aliphatic carbocycles. The molecule has 1 N–H and O–H groups in total. The van der Waals surface area contributed by atoms with Crippen LogP contribution in [0.4, 0.5) is 8.78 Å². The number of rotatable bonds is 3. The molecular formula is C21H19F2NO3. The van der Waals surface area contributed by atoms with E-state index in [-0.39, 0.29) is 22.6 Å². The van der Waals surface area contributed by atoms with E-state index in [1.54, 1.807) is 10.6 Å². The third kappa shape index (κ3) is 2.84. The molecule has 1 unspecified atom stereocenters. The number of halogens is 2. The molecule has 0 fully saturated rings. The number of alkyl halides is 2. The van der Waals surface area contributed by atoms with Crippen LogP contribution < -0.4 is 5.43 Å². The Balaban J connectivity index is 2.41. The van der Waals surface area contributed by atoms with E-state index < -0.39 is 23.4 Å². The number of carboxylic acid groups (broad SMARTS) is 1. The van der Waals surface area contributed by atoms with Crippen molar-refractivity contribution in [1.82, 2.24) is 4.57 Å². The molecule has 2 aromatic rings. The van der Waals surface area contributed by atoms with E-state index in [4.69, 9.17) is 6.42 Å². The molecule has 1 atom stereocenters. The van der Waals surface area contributed by atoms with Crippen LogP contribution in [0.5, 0.6) is 0 Å². The molecule has 0 saturated carbocycles. The number of pyridine rings is 1. The maximum atomic E-state index is 13.4. The van der Waals surface area contributed by atoms with Crippen molar-refractivity contribution in [3.63, 3.8) is 0 Å². The Morgan fingerprint density at radius 3 is 2.52 bits per heavy atom. The molecule has 6 heteroatoms. The fourth-order valence-electron chi connectivity index (χ4n) is 3.63. The van der Waals surface area contributed by atoms with Crippen LogP contribution in [0.15, 0.2) is 29.2 Å². The highest BCUT2D eigenvalue weighted by atomic mass is 19.3. The summed E-state index contributed by atoms with van der Waals surface area (Å²) in [5.74, 6) is 1.08.